The second-order valence-electron chi connectivity index (χ2n) is 4.67. The van der Waals surface area contributed by atoms with Crippen molar-refractivity contribution < 1.29 is 0 Å². The highest BCUT2D eigenvalue weighted by atomic mass is 15.0. The zero-order chi connectivity index (χ0) is 12.4. The molecule has 2 aromatic rings. The fourth-order valence-corrected chi connectivity index (χ4v) is 2.04. The third-order valence-corrected chi connectivity index (χ3v) is 3.13. The molecule has 1 N–H and O–H groups in total. The van der Waals surface area contributed by atoms with E-state index in [-0.39, 0.29) is 0 Å². The summed E-state index contributed by atoms with van der Waals surface area (Å²) in [6.45, 7) is 2.97. The highest BCUT2D eigenvalue weighted by Gasteiger charge is 2.26. The van der Waals surface area contributed by atoms with Crippen LogP contribution in [0.15, 0.2) is 36.4 Å². The monoisotopic (exact) mass is 239 g/mol. The molecular formula is C15H17N3. The minimum Gasteiger partial charge on any atom is -0.370 e. The number of nitrogens with one attached hydrogen (secondary N) is 1. The van der Waals surface area contributed by atoms with Gasteiger partial charge in [-0.3, -0.25) is 0 Å². The Morgan fingerprint density at radius 1 is 1.17 bits per heavy atom. The molecule has 92 valence electrons. The molecule has 0 atom stereocenters. The van der Waals surface area contributed by atoms with Crippen LogP contribution in [0.1, 0.15) is 31.4 Å². The predicted molar refractivity (Wildman–Crippen MR) is 73.6 cm³/mol. The summed E-state index contributed by atoms with van der Waals surface area (Å²) in [6, 6.07) is 12.3. The first-order valence-electron chi connectivity index (χ1n) is 6.55. The maximum atomic E-state index is 4.70. The Labute approximate surface area is 107 Å². The van der Waals surface area contributed by atoms with E-state index in [2.05, 4.69) is 35.4 Å². The van der Waals surface area contributed by atoms with E-state index in [1.165, 1.54) is 18.5 Å². The van der Waals surface area contributed by atoms with E-state index in [1.54, 1.807) is 0 Å². The van der Waals surface area contributed by atoms with Gasteiger partial charge in [0.25, 0.3) is 0 Å². The molecule has 1 heterocycles. The maximum absolute atomic E-state index is 4.70. The number of aromatic nitrogens is 2. The molecule has 1 aromatic carbocycles. The van der Waals surface area contributed by atoms with Crippen molar-refractivity contribution in [3.8, 4) is 11.4 Å². The van der Waals surface area contributed by atoms with Crippen molar-refractivity contribution in [1.29, 1.82) is 0 Å². The van der Waals surface area contributed by atoms with Crippen molar-refractivity contribution in [3.63, 3.8) is 0 Å². The second kappa shape index (κ2) is 4.77. The summed E-state index contributed by atoms with van der Waals surface area (Å²) in [6.07, 6.45) is 2.52. The largest absolute Gasteiger partial charge is 0.370 e. The third kappa shape index (κ3) is 2.35. The summed E-state index contributed by atoms with van der Waals surface area (Å²) in [4.78, 5) is 9.28. The van der Waals surface area contributed by atoms with Crippen LogP contribution in [-0.4, -0.2) is 16.5 Å². The summed E-state index contributed by atoms with van der Waals surface area (Å²) in [5.41, 5.74) is 2.26. The van der Waals surface area contributed by atoms with Gasteiger partial charge in [0.2, 0.25) is 0 Å². The van der Waals surface area contributed by atoms with E-state index in [9.17, 15) is 0 Å². The normalized spacial score (nSPS) is 14.5. The third-order valence-electron chi connectivity index (χ3n) is 3.13. The number of rotatable bonds is 4. The number of nitrogens with zero attached hydrogens (tertiary/aromatic N) is 2. The SMILES string of the molecule is CCNc1cc(C2CC2)nc(-c2ccccc2)n1. The number of anilines is 1. The lowest BCUT2D eigenvalue weighted by Gasteiger charge is -2.08. The smallest absolute Gasteiger partial charge is 0.161 e. The van der Waals surface area contributed by atoms with Crippen LogP contribution in [0.5, 0.6) is 0 Å². The zero-order valence-corrected chi connectivity index (χ0v) is 10.6. The fraction of sp³-hybridized carbons (Fsp3) is 0.333. The highest BCUT2D eigenvalue weighted by Crippen LogP contribution is 2.40. The van der Waals surface area contributed by atoms with Crippen molar-refractivity contribution in [2.45, 2.75) is 25.7 Å². The van der Waals surface area contributed by atoms with E-state index >= 15 is 0 Å². The van der Waals surface area contributed by atoms with Gasteiger partial charge in [0.1, 0.15) is 5.82 Å². The molecule has 0 saturated heterocycles. The molecule has 0 radical (unpaired) electrons. The number of hydrogen-bond acceptors (Lipinski definition) is 3. The average Bonchev–Trinajstić information content (AvgIpc) is 3.24. The Kier molecular flexibility index (Phi) is 2.97. The molecule has 0 bridgehead atoms. The minimum absolute atomic E-state index is 0.646. The Bertz CT molecular complexity index is 533. The van der Waals surface area contributed by atoms with Crippen molar-refractivity contribution in [2.24, 2.45) is 0 Å². The Hall–Kier alpha value is -1.90. The lowest BCUT2D eigenvalue weighted by atomic mass is 10.2. The Balaban J connectivity index is 2.02. The van der Waals surface area contributed by atoms with Gasteiger partial charge in [0.05, 0.1) is 0 Å². The van der Waals surface area contributed by atoms with Gasteiger partial charge in [-0.15, -0.1) is 0 Å². The summed E-state index contributed by atoms with van der Waals surface area (Å²) in [7, 11) is 0. The first-order valence-corrected chi connectivity index (χ1v) is 6.55. The van der Waals surface area contributed by atoms with Gasteiger partial charge in [-0.25, -0.2) is 9.97 Å². The summed E-state index contributed by atoms with van der Waals surface area (Å²) in [5, 5.41) is 3.29. The molecule has 1 fully saturated rings. The van der Waals surface area contributed by atoms with Gasteiger partial charge in [-0.2, -0.15) is 0 Å². The average molecular weight is 239 g/mol. The van der Waals surface area contributed by atoms with Crippen molar-refractivity contribution in [2.75, 3.05) is 11.9 Å². The van der Waals surface area contributed by atoms with E-state index < -0.39 is 0 Å². The topological polar surface area (TPSA) is 37.8 Å². The van der Waals surface area contributed by atoms with Crippen LogP contribution in [0.2, 0.25) is 0 Å². The van der Waals surface area contributed by atoms with E-state index in [0.717, 1.165) is 23.8 Å². The van der Waals surface area contributed by atoms with Gasteiger partial charge in [0, 0.05) is 29.8 Å². The molecule has 1 aliphatic rings. The van der Waals surface area contributed by atoms with Gasteiger partial charge in [-0.05, 0) is 19.8 Å². The first kappa shape index (κ1) is 11.2. The molecule has 0 aliphatic heterocycles. The predicted octanol–water partition coefficient (Wildman–Crippen LogP) is 3.45. The number of hydrogen-bond donors (Lipinski definition) is 1. The Morgan fingerprint density at radius 3 is 2.61 bits per heavy atom. The molecular weight excluding hydrogens is 222 g/mol. The molecule has 3 heteroatoms. The van der Waals surface area contributed by atoms with Gasteiger partial charge >= 0.3 is 0 Å². The molecule has 3 nitrogen and oxygen atoms in total. The van der Waals surface area contributed by atoms with Crippen molar-refractivity contribution in [1.82, 2.24) is 9.97 Å². The minimum atomic E-state index is 0.646. The van der Waals surface area contributed by atoms with E-state index in [4.69, 9.17) is 4.98 Å². The molecule has 1 aromatic heterocycles. The van der Waals surface area contributed by atoms with Crippen LogP contribution in [0.4, 0.5) is 5.82 Å². The van der Waals surface area contributed by atoms with Crippen LogP contribution >= 0.6 is 0 Å². The molecule has 1 aliphatic carbocycles. The van der Waals surface area contributed by atoms with Crippen molar-refractivity contribution in [3.05, 3.63) is 42.1 Å². The van der Waals surface area contributed by atoms with Crippen LogP contribution in [0.25, 0.3) is 11.4 Å². The van der Waals surface area contributed by atoms with Crippen LogP contribution < -0.4 is 5.32 Å². The quantitative estimate of drug-likeness (QED) is 0.888. The zero-order valence-electron chi connectivity index (χ0n) is 10.6. The van der Waals surface area contributed by atoms with Crippen LogP contribution in [0, 0.1) is 0 Å². The molecule has 18 heavy (non-hydrogen) atoms. The van der Waals surface area contributed by atoms with Gasteiger partial charge < -0.3 is 5.32 Å². The molecule has 3 rings (SSSR count). The van der Waals surface area contributed by atoms with Crippen molar-refractivity contribution >= 4 is 5.82 Å². The fourth-order valence-electron chi connectivity index (χ4n) is 2.04. The molecule has 0 amide bonds. The standard InChI is InChI=1S/C15H17N3/c1-2-16-14-10-13(11-8-9-11)17-15(18-14)12-6-4-3-5-7-12/h3-7,10-11H,2,8-9H2,1H3,(H,16,17,18). The first-order chi connectivity index (χ1) is 8.86. The van der Waals surface area contributed by atoms with Crippen LogP contribution in [0.3, 0.4) is 0 Å². The molecule has 0 unspecified atom stereocenters. The maximum Gasteiger partial charge on any atom is 0.161 e. The highest BCUT2D eigenvalue weighted by molar-refractivity contribution is 5.57. The van der Waals surface area contributed by atoms with Gasteiger partial charge in [0.15, 0.2) is 5.82 Å². The summed E-state index contributed by atoms with van der Waals surface area (Å²) < 4.78 is 0. The Morgan fingerprint density at radius 2 is 1.94 bits per heavy atom. The second-order valence-corrected chi connectivity index (χ2v) is 4.67. The van der Waals surface area contributed by atoms with Crippen LogP contribution in [-0.2, 0) is 0 Å². The van der Waals surface area contributed by atoms with E-state index in [0.29, 0.717) is 5.92 Å². The van der Waals surface area contributed by atoms with E-state index in [1.807, 2.05) is 18.2 Å². The lowest BCUT2D eigenvalue weighted by Crippen LogP contribution is -2.03. The molecule has 0 spiro atoms. The lowest BCUT2D eigenvalue weighted by molar-refractivity contribution is 0.988. The molecule has 1 saturated carbocycles. The summed E-state index contributed by atoms with van der Waals surface area (Å²) >= 11 is 0. The number of benzene rings is 1. The van der Waals surface area contributed by atoms with Gasteiger partial charge in [-0.1, -0.05) is 30.3 Å². The summed E-state index contributed by atoms with van der Waals surface area (Å²) in [5.74, 6) is 2.41.